The monoisotopic (exact) mass is 587 g/mol. The molecule has 0 spiro atoms. The number of likely N-dealkylation sites (N-methyl/N-ethyl adjacent to an activating group) is 1. The molecule has 0 saturated heterocycles. The normalized spacial score (nSPS) is 19.2. The van der Waals surface area contributed by atoms with Gasteiger partial charge < -0.3 is 4.90 Å². The van der Waals surface area contributed by atoms with Gasteiger partial charge in [-0.15, -0.1) is 0 Å². The van der Waals surface area contributed by atoms with Crippen LogP contribution in [0.15, 0.2) is 151 Å². The third-order valence-corrected chi connectivity index (χ3v) is 10.1. The molecule has 0 N–H and O–H groups in total. The predicted molar refractivity (Wildman–Crippen MR) is 189 cm³/mol. The lowest BCUT2D eigenvalue weighted by Gasteiger charge is -2.35. The predicted octanol–water partition coefficient (Wildman–Crippen LogP) is 9.45. The SMILES string of the molecule is CCN1C(=CC2=[N+](CC)c3ccccc3C2(C)Cc2ccccc2)C(Cc2ccccc2)(Cc2ccccc2)c2ccccc21. The summed E-state index contributed by atoms with van der Waals surface area (Å²) >= 11 is 0. The Bertz CT molecular complexity index is 1810. The van der Waals surface area contributed by atoms with Crippen molar-refractivity contribution in [1.29, 1.82) is 0 Å². The molecule has 2 aliphatic heterocycles. The van der Waals surface area contributed by atoms with Crippen LogP contribution in [0.3, 0.4) is 0 Å². The molecule has 0 aromatic heterocycles. The molecule has 224 valence electrons. The van der Waals surface area contributed by atoms with Crippen LogP contribution in [-0.2, 0) is 30.1 Å². The van der Waals surface area contributed by atoms with E-state index >= 15 is 0 Å². The summed E-state index contributed by atoms with van der Waals surface area (Å²) in [5.74, 6) is 0. The molecule has 2 heterocycles. The van der Waals surface area contributed by atoms with E-state index in [0.717, 1.165) is 32.4 Å². The summed E-state index contributed by atoms with van der Waals surface area (Å²) < 4.78 is 2.58. The van der Waals surface area contributed by atoms with Crippen molar-refractivity contribution in [3.8, 4) is 0 Å². The van der Waals surface area contributed by atoms with Crippen molar-refractivity contribution in [1.82, 2.24) is 0 Å². The van der Waals surface area contributed by atoms with Crippen molar-refractivity contribution in [3.05, 3.63) is 179 Å². The van der Waals surface area contributed by atoms with Gasteiger partial charge in [0.15, 0.2) is 5.71 Å². The molecule has 0 aliphatic carbocycles. The number of nitrogens with zero attached hydrogens (tertiary/aromatic N) is 2. The van der Waals surface area contributed by atoms with E-state index in [1.165, 1.54) is 50.6 Å². The third kappa shape index (κ3) is 5.03. The van der Waals surface area contributed by atoms with E-state index in [9.17, 15) is 0 Å². The van der Waals surface area contributed by atoms with Gasteiger partial charge in [-0.2, -0.15) is 4.58 Å². The molecule has 1 unspecified atom stereocenters. The number of rotatable bonds is 9. The van der Waals surface area contributed by atoms with Crippen LogP contribution in [-0.4, -0.2) is 23.4 Å². The quantitative estimate of drug-likeness (QED) is 0.156. The third-order valence-electron chi connectivity index (χ3n) is 10.1. The fourth-order valence-electron chi connectivity index (χ4n) is 8.16. The van der Waals surface area contributed by atoms with Gasteiger partial charge in [-0.05, 0) is 68.4 Å². The number of benzene rings is 5. The van der Waals surface area contributed by atoms with Crippen molar-refractivity contribution in [3.63, 3.8) is 0 Å². The Morgan fingerprint density at radius 3 is 1.62 bits per heavy atom. The van der Waals surface area contributed by atoms with Crippen LogP contribution in [0.4, 0.5) is 11.4 Å². The summed E-state index contributed by atoms with van der Waals surface area (Å²) in [6.07, 6.45) is 5.43. The molecule has 2 aliphatic rings. The topological polar surface area (TPSA) is 6.25 Å². The summed E-state index contributed by atoms with van der Waals surface area (Å²) in [5, 5.41) is 0. The van der Waals surface area contributed by atoms with Gasteiger partial charge in [0.05, 0.1) is 5.41 Å². The molecule has 45 heavy (non-hydrogen) atoms. The molecular weight excluding hydrogens is 544 g/mol. The zero-order valence-electron chi connectivity index (χ0n) is 26.8. The van der Waals surface area contributed by atoms with Crippen molar-refractivity contribution in [2.24, 2.45) is 0 Å². The summed E-state index contributed by atoms with van der Waals surface area (Å²) in [4.78, 5) is 2.61. The minimum Gasteiger partial charge on any atom is -0.344 e. The lowest BCUT2D eigenvalue weighted by Crippen LogP contribution is -2.39. The van der Waals surface area contributed by atoms with Crippen molar-refractivity contribution in [2.75, 3.05) is 18.0 Å². The van der Waals surface area contributed by atoms with Gasteiger partial charge in [-0.3, -0.25) is 0 Å². The second-order valence-corrected chi connectivity index (χ2v) is 12.8. The van der Waals surface area contributed by atoms with Crippen LogP contribution in [0.5, 0.6) is 0 Å². The molecule has 2 nitrogen and oxygen atoms in total. The van der Waals surface area contributed by atoms with Gasteiger partial charge in [0, 0.05) is 41.1 Å². The largest absolute Gasteiger partial charge is 0.344 e. The number of fused-ring (bicyclic) bond motifs is 2. The maximum atomic E-state index is 2.61. The smallest absolute Gasteiger partial charge is 0.209 e. The Hall–Kier alpha value is -4.69. The minimum absolute atomic E-state index is 0.180. The van der Waals surface area contributed by atoms with Crippen molar-refractivity contribution < 1.29 is 4.58 Å². The van der Waals surface area contributed by atoms with Gasteiger partial charge in [0.2, 0.25) is 5.69 Å². The van der Waals surface area contributed by atoms with Crippen LogP contribution in [0.1, 0.15) is 48.6 Å². The van der Waals surface area contributed by atoms with Crippen LogP contribution in [0, 0.1) is 0 Å². The molecule has 2 heteroatoms. The number of anilines is 1. The number of hydrogen-bond donors (Lipinski definition) is 0. The molecule has 5 aromatic carbocycles. The minimum atomic E-state index is -0.232. The Morgan fingerprint density at radius 2 is 1.07 bits per heavy atom. The van der Waals surface area contributed by atoms with E-state index in [0.29, 0.717) is 0 Å². The van der Waals surface area contributed by atoms with Gasteiger partial charge >= 0.3 is 0 Å². The molecule has 7 rings (SSSR count). The van der Waals surface area contributed by atoms with E-state index in [-0.39, 0.29) is 10.8 Å². The number of para-hydroxylation sites is 2. The average Bonchev–Trinajstić information content (AvgIpc) is 3.47. The first-order chi connectivity index (χ1) is 22.1. The van der Waals surface area contributed by atoms with Crippen LogP contribution < -0.4 is 4.90 Å². The molecule has 1 atom stereocenters. The van der Waals surface area contributed by atoms with Crippen LogP contribution in [0.25, 0.3) is 0 Å². The van der Waals surface area contributed by atoms with Crippen molar-refractivity contribution in [2.45, 2.75) is 50.9 Å². The highest BCUT2D eigenvalue weighted by Crippen LogP contribution is 2.53. The maximum absolute atomic E-state index is 2.61. The summed E-state index contributed by atoms with van der Waals surface area (Å²) in [7, 11) is 0. The van der Waals surface area contributed by atoms with E-state index in [2.05, 4.69) is 176 Å². The van der Waals surface area contributed by atoms with Gasteiger partial charge in [-0.25, -0.2) is 0 Å². The Balaban J connectivity index is 1.50. The van der Waals surface area contributed by atoms with Crippen molar-refractivity contribution >= 4 is 17.1 Å². The maximum Gasteiger partial charge on any atom is 0.209 e. The van der Waals surface area contributed by atoms with E-state index in [1.807, 2.05) is 0 Å². The highest BCUT2D eigenvalue weighted by Gasteiger charge is 2.52. The lowest BCUT2D eigenvalue weighted by atomic mass is 9.69. The first kappa shape index (κ1) is 29.0. The fraction of sp³-hybridized carbons (Fsp3) is 0.233. The molecular formula is C43H43N2+. The Labute approximate surface area is 269 Å². The van der Waals surface area contributed by atoms with Gasteiger partial charge in [0.25, 0.3) is 0 Å². The lowest BCUT2D eigenvalue weighted by molar-refractivity contribution is -0.433. The molecule has 0 fully saturated rings. The molecule has 5 aromatic rings. The Kier molecular flexibility index (Phi) is 7.75. The standard InChI is InChI=1S/C43H43N2/c1-4-44-38-27-17-15-25-36(38)42(3,30-33-19-9-6-10-20-33)40(44)29-41-43(31-34-21-11-7-12-22-34,32-35-23-13-8-14-24-35)37-26-16-18-28-39(37)45(41)5-2/h6-29H,4-5,30-32H2,1-3H3/q+1. The zero-order valence-corrected chi connectivity index (χ0v) is 26.8. The highest BCUT2D eigenvalue weighted by molar-refractivity contribution is 6.05. The fourth-order valence-corrected chi connectivity index (χ4v) is 8.16. The number of hydrogen-bond acceptors (Lipinski definition) is 1. The molecule has 0 bridgehead atoms. The van der Waals surface area contributed by atoms with E-state index < -0.39 is 0 Å². The summed E-state index contributed by atoms with van der Waals surface area (Å²) in [6, 6.07) is 51.5. The van der Waals surface area contributed by atoms with Gasteiger partial charge in [-0.1, -0.05) is 127 Å². The first-order valence-corrected chi connectivity index (χ1v) is 16.5. The zero-order chi connectivity index (χ0) is 30.9. The average molecular weight is 588 g/mol. The molecule has 0 saturated carbocycles. The Morgan fingerprint density at radius 1 is 0.578 bits per heavy atom. The van der Waals surface area contributed by atoms with E-state index in [1.54, 1.807) is 0 Å². The van der Waals surface area contributed by atoms with Gasteiger partial charge in [0.1, 0.15) is 6.54 Å². The second kappa shape index (κ2) is 12.0. The number of allylic oxidation sites excluding steroid dienone is 2. The molecule has 0 amide bonds. The van der Waals surface area contributed by atoms with Crippen LogP contribution in [0.2, 0.25) is 0 Å². The van der Waals surface area contributed by atoms with Crippen LogP contribution >= 0.6 is 0 Å². The molecule has 0 radical (unpaired) electrons. The highest BCUT2D eigenvalue weighted by atomic mass is 15.2. The summed E-state index contributed by atoms with van der Waals surface area (Å²) in [6.45, 7) is 8.90. The second-order valence-electron chi connectivity index (χ2n) is 12.8. The summed E-state index contributed by atoms with van der Waals surface area (Å²) in [5.41, 5.74) is 12.0. The van der Waals surface area contributed by atoms with E-state index in [4.69, 9.17) is 0 Å². The first-order valence-electron chi connectivity index (χ1n) is 16.5.